The Hall–Kier alpha value is -6.46. The maximum atomic E-state index is 13.1. The molecule has 0 saturated heterocycles. The third-order valence-corrected chi connectivity index (χ3v) is 7.62. The standard InChI is InChI=1S/C29H30N14O4/c30-16-4-5-18(19(11-16)24-39-41-42-40-24)27(45)33-8-1-2-20(28(46)47)36-26(44)15-3-6-21-14(10-15)7-9-43(21)13-17-12-34-25-22(35-17)23(31)37-29(32)38-25/h3-6,10-12,20H,1-2,7-9,13,30H2,(H,33,45)(H,36,44)(H,46,47)(H,39,40,41,42)(H4,31,32,34,37,38)/t20-/m0/s1. The number of amides is 2. The Kier molecular flexibility index (Phi) is 8.37. The number of aromatic nitrogens is 8. The van der Waals surface area contributed by atoms with E-state index in [4.69, 9.17) is 17.2 Å². The Balaban J connectivity index is 1.04. The molecule has 6 rings (SSSR count). The number of aromatic amines is 1. The fraction of sp³-hybridized carbons (Fsp3) is 0.241. The van der Waals surface area contributed by atoms with Crippen LogP contribution in [0.4, 0.5) is 23.1 Å². The van der Waals surface area contributed by atoms with Crippen molar-refractivity contribution in [3.8, 4) is 11.4 Å². The average Bonchev–Trinajstić information content (AvgIpc) is 3.73. The van der Waals surface area contributed by atoms with E-state index in [-0.39, 0.29) is 42.5 Å². The van der Waals surface area contributed by atoms with Gasteiger partial charge >= 0.3 is 5.97 Å². The lowest BCUT2D eigenvalue weighted by molar-refractivity contribution is -0.139. The number of carboxylic acid groups (broad SMARTS) is 1. The number of tetrazole rings is 1. The van der Waals surface area contributed by atoms with Crippen molar-refractivity contribution in [3.63, 3.8) is 0 Å². The highest BCUT2D eigenvalue weighted by Crippen LogP contribution is 2.30. The van der Waals surface area contributed by atoms with E-state index < -0.39 is 23.8 Å². The molecular weight excluding hydrogens is 608 g/mol. The first kappa shape index (κ1) is 30.6. The van der Waals surface area contributed by atoms with Gasteiger partial charge in [0, 0.05) is 35.6 Å². The highest BCUT2D eigenvalue weighted by atomic mass is 16.4. The van der Waals surface area contributed by atoms with Gasteiger partial charge in [0.2, 0.25) is 11.8 Å². The topological polar surface area (TPSA) is 283 Å². The third kappa shape index (κ3) is 6.65. The number of benzene rings is 2. The van der Waals surface area contributed by atoms with Crippen LogP contribution in [0.25, 0.3) is 22.6 Å². The van der Waals surface area contributed by atoms with Crippen LogP contribution in [0.5, 0.6) is 0 Å². The lowest BCUT2D eigenvalue weighted by atomic mass is 10.0. The number of aliphatic carboxylic acids is 1. The molecule has 0 radical (unpaired) electrons. The highest BCUT2D eigenvalue weighted by molar-refractivity contribution is 6.00. The van der Waals surface area contributed by atoms with Crippen LogP contribution in [0.15, 0.2) is 42.6 Å². The zero-order valence-corrected chi connectivity index (χ0v) is 24.8. The number of nitrogens with one attached hydrogen (secondary N) is 3. The molecule has 2 aromatic carbocycles. The minimum atomic E-state index is -1.18. The number of carboxylic acids is 1. The summed E-state index contributed by atoms with van der Waals surface area (Å²) in [4.78, 5) is 56.9. The number of nitrogen functional groups attached to an aromatic ring is 3. The van der Waals surface area contributed by atoms with E-state index in [2.05, 4.69) is 56.1 Å². The summed E-state index contributed by atoms with van der Waals surface area (Å²) >= 11 is 0. The van der Waals surface area contributed by atoms with E-state index in [1.807, 2.05) is 6.07 Å². The Morgan fingerprint density at radius 2 is 1.89 bits per heavy atom. The fourth-order valence-electron chi connectivity index (χ4n) is 5.35. The van der Waals surface area contributed by atoms with Crippen LogP contribution in [0.3, 0.4) is 0 Å². The number of fused-ring (bicyclic) bond motifs is 2. The number of nitrogens with two attached hydrogens (primary N) is 3. The van der Waals surface area contributed by atoms with Gasteiger partial charge in [-0.1, -0.05) is 0 Å². The number of carbonyl (C=O) groups excluding carboxylic acids is 2. The molecule has 1 atom stereocenters. The van der Waals surface area contributed by atoms with Crippen molar-refractivity contribution in [2.24, 2.45) is 0 Å². The van der Waals surface area contributed by atoms with Gasteiger partial charge in [0.1, 0.15) is 6.04 Å². The molecule has 18 nitrogen and oxygen atoms in total. The largest absolute Gasteiger partial charge is 0.480 e. The molecule has 1 aliphatic rings. The van der Waals surface area contributed by atoms with Crippen LogP contribution in [-0.2, 0) is 17.8 Å². The van der Waals surface area contributed by atoms with Crippen molar-refractivity contribution in [2.75, 3.05) is 35.2 Å². The SMILES string of the molecule is Nc1ccc(C(=O)NCCC[C@H](NC(=O)c2ccc3c(c2)CCN3Cc2cnc3nc(N)nc(N)c3n2)C(=O)O)c(-c2nn[nH]n2)c1. The zero-order valence-electron chi connectivity index (χ0n) is 24.8. The van der Waals surface area contributed by atoms with Crippen molar-refractivity contribution < 1.29 is 19.5 Å². The van der Waals surface area contributed by atoms with Gasteiger partial charge in [0.15, 0.2) is 17.0 Å². The third-order valence-electron chi connectivity index (χ3n) is 7.62. The fourth-order valence-corrected chi connectivity index (χ4v) is 5.35. The molecule has 5 aromatic rings. The van der Waals surface area contributed by atoms with Crippen LogP contribution >= 0.6 is 0 Å². The van der Waals surface area contributed by atoms with E-state index in [0.717, 1.165) is 11.3 Å². The second kappa shape index (κ2) is 12.9. The summed E-state index contributed by atoms with van der Waals surface area (Å²) in [5, 5.41) is 28.8. The van der Waals surface area contributed by atoms with E-state index >= 15 is 0 Å². The van der Waals surface area contributed by atoms with Crippen molar-refractivity contribution in [2.45, 2.75) is 31.8 Å². The van der Waals surface area contributed by atoms with Gasteiger partial charge in [-0.15, -0.1) is 10.2 Å². The number of hydrogen-bond donors (Lipinski definition) is 7. The Morgan fingerprint density at radius 3 is 2.68 bits per heavy atom. The summed E-state index contributed by atoms with van der Waals surface area (Å²) < 4.78 is 0. The molecule has 1 aliphatic heterocycles. The van der Waals surface area contributed by atoms with Gasteiger partial charge in [0.25, 0.3) is 11.8 Å². The summed E-state index contributed by atoms with van der Waals surface area (Å²) in [6.45, 7) is 1.29. The van der Waals surface area contributed by atoms with Crippen molar-refractivity contribution in [1.82, 2.24) is 51.2 Å². The molecule has 47 heavy (non-hydrogen) atoms. The Morgan fingerprint density at radius 1 is 1.04 bits per heavy atom. The van der Waals surface area contributed by atoms with E-state index in [9.17, 15) is 19.5 Å². The average molecular weight is 639 g/mol. The molecular formula is C29H30N14O4. The molecule has 3 aromatic heterocycles. The van der Waals surface area contributed by atoms with Gasteiger partial charge in [-0.2, -0.15) is 15.2 Å². The highest BCUT2D eigenvalue weighted by Gasteiger charge is 2.25. The van der Waals surface area contributed by atoms with Gasteiger partial charge in [-0.3, -0.25) is 9.59 Å². The first-order valence-electron chi connectivity index (χ1n) is 14.5. The lowest BCUT2D eigenvalue weighted by Gasteiger charge is -2.19. The second-order valence-electron chi connectivity index (χ2n) is 10.8. The smallest absolute Gasteiger partial charge is 0.326 e. The van der Waals surface area contributed by atoms with Gasteiger partial charge in [-0.25, -0.2) is 14.8 Å². The maximum Gasteiger partial charge on any atom is 0.326 e. The molecule has 0 aliphatic carbocycles. The minimum absolute atomic E-state index is 0.0240. The number of H-pyrrole nitrogens is 1. The molecule has 240 valence electrons. The first-order valence-corrected chi connectivity index (χ1v) is 14.5. The van der Waals surface area contributed by atoms with Crippen LogP contribution < -0.4 is 32.7 Å². The minimum Gasteiger partial charge on any atom is -0.480 e. The van der Waals surface area contributed by atoms with Gasteiger partial charge in [-0.05, 0) is 66.4 Å². The number of rotatable bonds is 11. The molecule has 0 unspecified atom stereocenters. The van der Waals surface area contributed by atoms with Crippen LogP contribution in [0, 0.1) is 0 Å². The van der Waals surface area contributed by atoms with E-state index in [1.54, 1.807) is 36.5 Å². The Labute approximate surface area is 266 Å². The van der Waals surface area contributed by atoms with Gasteiger partial charge < -0.3 is 37.8 Å². The van der Waals surface area contributed by atoms with Crippen LogP contribution in [0.1, 0.15) is 44.8 Å². The zero-order chi connectivity index (χ0) is 33.1. The molecule has 18 heteroatoms. The van der Waals surface area contributed by atoms with Gasteiger partial charge in [0.05, 0.1) is 24.0 Å². The summed E-state index contributed by atoms with van der Waals surface area (Å²) in [6.07, 6.45) is 2.67. The van der Waals surface area contributed by atoms with Crippen LogP contribution in [-0.4, -0.2) is 82.6 Å². The molecule has 0 bridgehead atoms. The quantitative estimate of drug-likeness (QED) is 0.0756. The maximum absolute atomic E-state index is 13.1. The molecule has 2 amide bonds. The summed E-state index contributed by atoms with van der Waals surface area (Å²) in [5.41, 5.74) is 22.1. The number of nitrogens with zero attached hydrogens (tertiary/aromatic N) is 8. The number of hydrogen-bond acceptors (Lipinski definition) is 14. The van der Waals surface area contributed by atoms with E-state index in [1.165, 1.54) is 0 Å². The normalized spacial score (nSPS) is 12.9. The van der Waals surface area contributed by atoms with Crippen molar-refractivity contribution in [1.29, 1.82) is 0 Å². The van der Waals surface area contributed by atoms with Crippen LogP contribution in [0.2, 0.25) is 0 Å². The molecule has 0 fully saturated rings. The van der Waals surface area contributed by atoms with Crippen molar-refractivity contribution >= 4 is 52.1 Å². The predicted octanol–water partition coefficient (Wildman–Crippen LogP) is 0.302. The number of carbonyl (C=O) groups is 3. The molecule has 10 N–H and O–H groups in total. The molecule has 0 saturated carbocycles. The number of anilines is 4. The first-order chi connectivity index (χ1) is 22.7. The summed E-state index contributed by atoms with van der Waals surface area (Å²) in [7, 11) is 0. The Bertz CT molecular complexity index is 1980. The second-order valence-corrected chi connectivity index (χ2v) is 10.8. The molecule has 0 spiro atoms. The predicted molar refractivity (Wildman–Crippen MR) is 170 cm³/mol. The summed E-state index contributed by atoms with van der Waals surface area (Å²) in [6, 6.07) is 8.78. The summed E-state index contributed by atoms with van der Waals surface area (Å²) in [5.74, 6) is -1.72. The lowest BCUT2D eigenvalue weighted by Crippen LogP contribution is -2.41. The monoisotopic (exact) mass is 638 g/mol. The van der Waals surface area contributed by atoms with E-state index in [0.29, 0.717) is 53.2 Å². The molecule has 4 heterocycles. The van der Waals surface area contributed by atoms with Crippen molar-refractivity contribution in [3.05, 3.63) is 65.0 Å².